The summed E-state index contributed by atoms with van der Waals surface area (Å²) in [4.78, 5) is 45.4. The van der Waals surface area contributed by atoms with Crippen LogP contribution in [0.3, 0.4) is 0 Å². The van der Waals surface area contributed by atoms with Gasteiger partial charge in [0.15, 0.2) is 0 Å². The molecular weight excluding hydrogens is 565 g/mol. The largest absolute Gasteiger partial charge is 0.478 e. The summed E-state index contributed by atoms with van der Waals surface area (Å²) in [5.74, 6) is -4.26. The van der Waals surface area contributed by atoms with Crippen LogP contribution in [0.4, 0.5) is 29.7 Å². The van der Waals surface area contributed by atoms with Crippen molar-refractivity contribution in [2.75, 3.05) is 17.7 Å². The lowest BCUT2D eigenvalue weighted by molar-refractivity contribution is 0.0590. The number of amides is 2. The van der Waals surface area contributed by atoms with Crippen LogP contribution >= 0.6 is 23.2 Å². The summed E-state index contributed by atoms with van der Waals surface area (Å²) in [5.41, 5.74) is -2.52. The maximum absolute atomic E-state index is 13.5. The van der Waals surface area contributed by atoms with Crippen molar-refractivity contribution in [1.82, 2.24) is 0 Å². The third-order valence-electron chi connectivity index (χ3n) is 4.06. The summed E-state index contributed by atoms with van der Waals surface area (Å²) in [6.07, 6.45) is -1.57. The number of methoxy groups -OCH3 is 1. The number of anilines is 2. The molecule has 0 atom stereocenters. The summed E-state index contributed by atoms with van der Waals surface area (Å²) >= 11 is 11.6. The van der Waals surface area contributed by atoms with Gasteiger partial charge in [-0.25, -0.2) is 28.0 Å². The molecule has 0 saturated heterocycles. The Labute approximate surface area is 233 Å². The van der Waals surface area contributed by atoms with Crippen LogP contribution in [0, 0.1) is 11.6 Å². The average molecular weight is 593 g/mol. The van der Waals surface area contributed by atoms with E-state index in [4.69, 9.17) is 37.8 Å². The molecule has 2 aromatic carbocycles. The van der Waals surface area contributed by atoms with Crippen LogP contribution < -0.4 is 10.6 Å². The molecule has 14 heteroatoms. The molecule has 0 fully saturated rings. The highest BCUT2D eigenvalue weighted by atomic mass is 35.5. The maximum atomic E-state index is 13.5. The van der Waals surface area contributed by atoms with Gasteiger partial charge in [-0.05, 0) is 65.8 Å². The highest BCUT2D eigenvalue weighted by molar-refractivity contribution is 6.37. The first-order valence-electron chi connectivity index (χ1n) is 11.0. The number of hydrogen-bond donors (Lipinski definition) is 3. The molecule has 2 rings (SSSR count). The first-order valence-corrected chi connectivity index (χ1v) is 11.8. The molecular formula is C25H28Cl2F2N2O8. The van der Waals surface area contributed by atoms with Crippen LogP contribution in [0.2, 0.25) is 10.0 Å². The number of hydrogen-bond acceptors (Lipinski definition) is 7. The molecule has 0 heterocycles. The van der Waals surface area contributed by atoms with Gasteiger partial charge in [-0.15, -0.1) is 0 Å². The number of nitrogens with one attached hydrogen (secondary N) is 2. The lowest BCUT2D eigenvalue weighted by atomic mass is 10.2. The molecule has 10 nitrogen and oxygen atoms in total. The van der Waals surface area contributed by atoms with Gasteiger partial charge in [-0.2, -0.15) is 0 Å². The molecule has 0 bridgehead atoms. The van der Waals surface area contributed by atoms with Crippen molar-refractivity contribution in [1.29, 1.82) is 0 Å². The minimum absolute atomic E-state index is 0.0327. The van der Waals surface area contributed by atoms with Gasteiger partial charge < -0.3 is 19.3 Å². The fraction of sp³-hybridized carbons (Fsp3) is 0.360. The van der Waals surface area contributed by atoms with Crippen LogP contribution in [-0.2, 0) is 14.2 Å². The number of halogens is 4. The van der Waals surface area contributed by atoms with Gasteiger partial charge in [0, 0.05) is 0 Å². The smallest absolute Gasteiger partial charge is 0.412 e. The van der Waals surface area contributed by atoms with Crippen LogP contribution in [0.1, 0.15) is 62.3 Å². The van der Waals surface area contributed by atoms with E-state index in [9.17, 15) is 28.0 Å². The van der Waals surface area contributed by atoms with Gasteiger partial charge in [0.05, 0.1) is 28.5 Å². The molecule has 0 unspecified atom stereocenters. The van der Waals surface area contributed by atoms with Gasteiger partial charge in [0.1, 0.15) is 34.0 Å². The highest BCUT2D eigenvalue weighted by Gasteiger charge is 2.23. The third-order valence-corrected chi connectivity index (χ3v) is 4.84. The zero-order chi connectivity index (χ0) is 30.3. The Hall–Kier alpha value is -3.64. The monoisotopic (exact) mass is 592 g/mol. The molecule has 2 amide bonds. The van der Waals surface area contributed by atoms with Gasteiger partial charge in [-0.3, -0.25) is 10.6 Å². The fourth-order valence-corrected chi connectivity index (χ4v) is 3.17. The van der Waals surface area contributed by atoms with Gasteiger partial charge >= 0.3 is 24.1 Å². The van der Waals surface area contributed by atoms with Crippen molar-refractivity contribution in [3.63, 3.8) is 0 Å². The molecule has 0 spiro atoms. The Kier molecular flexibility index (Phi) is 11.5. The van der Waals surface area contributed by atoms with E-state index in [-0.39, 0.29) is 16.4 Å². The zero-order valence-electron chi connectivity index (χ0n) is 22.1. The summed E-state index contributed by atoms with van der Waals surface area (Å²) in [6, 6.07) is 4.30. The number of aromatic carboxylic acids is 1. The van der Waals surface area contributed by atoms with Crippen LogP contribution in [0.25, 0.3) is 0 Å². The number of ether oxygens (including phenoxy) is 3. The summed E-state index contributed by atoms with van der Waals surface area (Å²) in [7, 11) is 1.10. The normalized spacial score (nSPS) is 10.9. The first-order chi connectivity index (χ1) is 17.8. The Bertz CT molecular complexity index is 1260. The van der Waals surface area contributed by atoms with Gasteiger partial charge in [0.25, 0.3) is 0 Å². The van der Waals surface area contributed by atoms with Crippen molar-refractivity contribution in [3.05, 3.63) is 57.1 Å². The molecule has 0 aliphatic heterocycles. The van der Waals surface area contributed by atoms with E-state index in [0.29, 0.717) is 0 Å². The van der Waals surface area contributed by atoms with Crippen LogP contribution in [0.5, 0.6) is 0 Å². The van der Waals surface area contributed by atoms with Crippen molar-refractivity contribution in [2.45, 2.75) is 52.7 Å². The van der Waals surface area contributed by atoms with E-state index in [1.165, 1.54) is 6.07 Å². The molecule has 39 heavy (non-hydrogen) atoms. The van der Waals surface area contributed by atoms with Crippen LogP contribution in [-0.4, -0.2) is 47.5 Å². The van der Waals surface area contributed by atoms with E-state index in [0.717, 1.165) is 25.3 Å². The molecule has 0 aliphatic rings. The molecule has 0 aliphatic carbocycles. The fourth-order valence-electron chi connectivity index (χ4n) is 2.61. The molecule has 0 saturated carbocycles. The number of carboxylic acid groups (broad SMARTS) is 1. The highest BCUT2D eigenvalue weighted by Crippen LogP contribution is 2.30. The molecule has 0 aromatic heterocycles. The number of carboxylic acids is 1. The van der Waals surface area contributed by atoms with Gasteiger partial charge in [-0.1, -0.05) is 23.2 Å². The number of carbonyl (C=O) groups is 4. The number of rotatable bonds is 4. The lowest BCUT2D eigenvalue weighted by Crippen LogP contribution is -2.27. The van der Waals surface area contributed by atoms with Crippen molar-refractivity contribution >= 4 is 58.7 Å². The summed E-state index contributed by atoms with van der Waals surface area (Å²) in [6.45, 7) is 10.1. The van der Waals surface area contributed by atoms with Crippen molar-refractivity contribution in [3.8, 4) is 0 Å². The third kappa shape index (κ3) is 10.6. The van der Waals surface area contributed by atoms with E-state index in [2.05, 4.69) is 15.4 Å². The predicted molar refractivity (Wildman–Crippen MR) is 141 cm³/mol. The number of carbonyl (C=O) groups excluding carboxylic acids is 3. The molecule has 0 radical (unpaired) electrons. The van der Waals surface area contributed by atoms with Crippen molar-refractivity contribution < 1.29 is 47.3 Å². The van der Waals surface area contributed by atoms with E-state index < -0.39 is 63.1 Å². The second-order valence-corrected chi connectivity index (χ2v) is 10.4. The van der Waals surface area contributed by atoms with Crippen molar-refractivity contribution in [2.24, 2.45) is 0 Å². The Morgan fingerprint density at radius 1 is 0.744 bits per heavy atom. The standard InChI is InChI=1S/C13H15ClFNO4.C12H13ClFNO4/c1-13(2,3)20-12(18)16-8-6-5-7(15)9(10(8)14)11(17)19-4;1-12(2,3)19-11(18)15-7-5-4-6(14)8(9(7)13)10(16)17/h5-6H,1-4H3,(H,16,18);4-5H,1-3H3,(H,15,18)(H,16,17). The Morgan fingerprint density at radius 3 is 1.44 bits per heavy atom. The van der Waals surface area contributed by atoms with Crippen LogP contribution in [0.15, 0.2) is 24.3 Å². The number of esters is 1. The second kappa shape index (κ2) is 13.4. The second-order valence-electron chi connectivity index (χ2n) is 9.62. The quantitative estimate of drug-likeness (QED) is 0.251. The van der Waals surface area contributed by atoms with E-state index in [1.54, 1.807) is 41.5 Å². The predicted octanol–water partition coefficient (Wildman–Crippen LogP) is 7.14. The average Bonchev–Trinajstić information content (AvgIpc) is 2.75. The SMILES string of the molecule is CC(C)(C)OC(=O)Nc1ccc(F)c(C(=O)O)c1Cl.COC(=O)c1c(F)ccc(NC(=O)OC(C)(C)C)c1Cl. The molecule has 2 aromatic rings. The van der Waals surface area contributed by atoms with E-state index in [1.807, 2.05) is 0 Å². The first kappa shape index (κ1) is 33.4. The summed E-state index contributed by atoms with van der Waals surface area (Å²) in [5, 5.41) is 12.8. The molecule has 3 N–H and O–H groups in total. The van der Waals surface area contributed by atoms with E-state index >= 15 is 0 Å². The Balaban J connectivity index is 0.000000391. The maximum Gasteiger partial charge on any atom is 0.412 e. The minimum Gasteiger partial charge on any atom is -0.478 e. The van der Waals surface area contributed by atoms with Gasteiger partial charge in [0.2, 0.25) is 0 Å². The lowest BCUT2D eigenvalue weighted by Gasteiger charge is -2.20. The Morgan fingerprint density at radius 2 is 1.10 bits per heavy atom. The summed E-state index contributed by atoms with van der Waals surface area (Å²) < 4.78 is 41.3. The molecule has 214 valence electrons. The topological polar surface area (TPSA) is 140 Å². The number of benzene rings is 2. The zero-order valence-corrected chi connectivity index (χ0v) is 23.6. The minimum atomic E-state index is -1.52.